The summed E-state index contributed by atoms with van der Waals surface area (Å²) in [7, 11) is 1.75. The number of likely N-dealkylation sites (tertiary alicyclic amines) is 1. The molecule has 1 unspecified atom stereocenters. The fraction of sp³-hybridized carbons (Fsp3) is 0.529. The van der Waals surface area contributed by atoms with Crippen LogP contribution in [0.5, 0.6) is 0 Å². The lowest BCUT2D eigenvalue weighted by Gasteiger charge is -2.36. The fourth-order valence-electron chi connectivity index (χ4n) is 2.77. The number of ether oxygens (including phenoxy) is 1. The van der Waals surface area contributed by atoms with Crippen LogP contribution >= 0.6 is 0 Å². The Balaban J connectivity index is 1.80. The van der Waals surface area contributed by atoms with Crippen LogP contribution in [0.4, 0.5) is 4.79 Å². The van der Waals surface area contributed by atoms with Crippen molar-refractivity contribution in [2.24, 2.45) is 0 Å². The largest absolute Gasteiger partial charge is 0.481 e. The Labute approximate surface area is 136 Å². The summed E-state index contributed by atoms with van der Waals surface area (Å²) in [5, 5.41) is 8.77. The highest BCUT2D eigenvalue weighted by Crippen LogP contribution is 2.16. The van der Waals surface area contributed by atoms with Crippen LogP contribution < -0.4 is 0 Å². The number of hydrogen-bond donors (Lipinski definition) is 1. The number of carbonyl (C=O) groups excluding carboxylic acids is 1. The molecule has 0 spiro atoms. The van der Waals surface area contributed by atoms with Crippen LogP contribution in [0, 0.1) is 0 Å². The lowest BCUT2D eigenvalue weighted by atomic mass is 10.0. The predicted octanol–water partition coefficient (Wildman–Crippen LogP) is 2.19. The first-order chi connectivity index (χ1) is 11.1. The molecule has 6 nitrogen and oxygen atoms in total. The molecular weight excluding hydrogens is 296 g/mol. The van der Waals surface area contributed by atoms with Gasteiger partial charge in [0.1, 0.15) is 6.61 Å². The van der Waals surface area contributed by atoms with Gasteiger partial charge in [0.2, 0.25) is 0 Å². The van der Waals surface area contributed by atoms with Gasteiger partial charge in [-0.1, -0.05) is 30.3 Å². The summed E-state index contributed by atoms with van der Waals surface area (Å²) < 4.78 is 5.35. The molecule has 1 aromatic carbocycles. The van der Waals surface area contributed by atoms with Gasteiger partial charge in [-0.15, -0.1) is 0 Å². The molecule has 2 rings (SSSR count). The number of piperidine rings is 1. The van der Waals surface area contributed by atoms with E-state index in [1.165, 1.54) is 0 Å². The standard InChI is InChI=1S/C17H24N2O4/c1-18(17(22)23-13-14-6-3-2-4-7-14)15-8-5-10-19(12-15)11-9-16(20)21/h2-4,6-7,15H,5,8-13H2,1H3,(H,20,21). The fourth-order valence-corrected chi connectivity index (χ4v) is 2.77. The van der Waals surface area contributed by atoms with Gasteiger partial charge in [0.15, 0.2) is 0 Å². The number of rotatable bonds is 6. The van der Waals surface area contributed by atoms with E-state index in [1.54, 1.807) is 11.9 Å². The second-order valence-electron chi connectivity index (χ2n) is 5.89. The second-order valence-corrected chi connectivity index (χ2v) is 5.89. The molecular formula is C17H24N2O4. The maximum atomic E-state index is 12.2. The molecule has 0 bridgehead atoms. The van der Waals surface area contributed by atoms with E-state index in [4.69, 9.17) is 9.84 Å². The average Bonchev–Trinajstić information content (AvgIpc) is 2.58. The number of carboxylic acid groups (broad SMARTS) is 1. The zero-order chi connectivity index (χ0) is 16.7. The topological polar surface area (TPSA) is 70.1 Å². The molecule has 1 aliphatic rings. The first-order valence-electron chi connectivity index (χ1n) is 7.94. The lowest BCUT2D eigenvalue weighted by Crippen LogP contribution is -2.49. The molecule has 1 heterocycles. The molecule has 0 radical (unpaired) electrons. The van der Waals surface area contributed by atoms with Gasteiger partial charge in [-0.2, -0.15) is 0 Å². The third-order valence-corrected chi connectivity index (χ3v) is 4.16. The van der Waals surface area contributed by atoms with Crippen molar-refractivity contribution in [3.8, 4) is 0 Å². The van der Waals surface area contributed by atoms with E-state index in [0.717, 1.165) is 24.9 Å². The van der Waals surface area contributed by atoms with Crippen LogP contribution in [0.1, 0.15) is 24.8 Å². The number of benzene rings is 1. The summed E-state index contributed by atoms with van der Waals surface area (Å²) in [6, 6.07) is 9.65. The molecule has 1 saturated heterocycles. The van der Waals surface area contributed by atoms with Crippen molar-refractivity contribution in [2.45, 2.75) is 31.9 Å². The van der Waals surface area contributed by atoms with Crippen molar-refractivity contribution >= 4 is 12.1 Å². The zero-order valence-corrected chi connectivity index (χ0v) is 13.5. The Bertz CT molecular complexity index is 521. The maximum Gasteiger partial charge on any atom is 0.410 e. The minimum absolute atomic E-state index is 0.0702. The number of aliphatic carboxylic acids is 1. The second kappa shape index (κ2) is 8.53. The molecule has 126 valence electrons. The molecule has 0 aromatic heterocycles. The summed E-state index contributed by atoms with van der Waals surface area (Å²) in [5.74, 6) is -0.789. The van der Waals surface area contributed by atoms with Crippen LogP contribution in [0.15, 0.2) is 30.3 Å². The van der Waals surface area contributed by atoms with Crippen LogP contribution in [0.3, 0.4) is 0 Å². The molecule has 1 aromatic rings. The van der Waals surface area contributed by atoms with Gasteiger partial charge in [-0.3, -0.25) is 4.79 Å². The quantitative estimate of drug-likeness (QED) is 0.870. The van der Waals surface area contributed by atoms with Crippen LogP contribution in [-0.4, -0.2) is 59.7 Å². The van der Waals surface area contributed by atoms with Crippen LogP contribution in [0.25, 0.3) is 0 Å². The molecule has 6 heteroatoms. The highest BCUT2D eigenvalue weighted by atomic mass is 16.6. The summed E-state index contributed by atoms with van der Waals surface area (Å²) in [6.45, 7) is 2.37. The summed E-state index contributed by atoms with van der Waals surface area (Å²) >= 11 is 0. The number of nitrogens with zero attached hydrogens (tertiary/aromatic N) is 2. The zero-order valence-electron chi connectivity index (χ0n) is 13.5. The van der Waals surface area contributed by atoms with Crippen molar-refractivity contribution < 1.29 is 19.4 Å². The lowest BCUT2D eigenvalue weighted by molar-refractivity contribution is -0.137. The minimum Gasteiger partial charge on any atom is -0.481 e. The molecule has 0 saturated carbocycles. The molecule has 1 N–H and O–H groups in total. The van der Waals surface area contributed by atoms with E-state index in [-0.39, 0.29) is 25.2 Å². The number of carboxylic acids is 1. The SMILES string of the molecule is CN(C(=O)OCc1ccccc1)C1CCCN(CCC(=O)O)C1. The Morgan fingerprint density at radius 2 is 2.09 bits per heavy atom. The van der Waals surface area contributed by atoms with Gasteiger partial charge in [-0.05, 0) is 24.9 Å². The van der Waals surface area contributed by atoms with Crippen molar-refractivity contribution in [2.75, 3.05) is 26.7 Å². The average molecular weight is 320 g/mol. The first kappa shape index (κ1) is 17.3. The van der Waals surface area contributed by atoms with Gasteiger partial charge >= 0.3 is 12.1 Å². The van der Waals surface area contributed by atoms with Crippen molar-refractivity contribution in [3.63, 3.8) is 0 Å². The summed E-state index contributed by atoms with van der Waals surface area (Å²) in [5.41, 5.74) is 0.959. The minimum atomic E-state index is -0.789. The highest BCUT2D eigenvalue weighted by molar-refractivity contribution is 5.68. The highest BCUT2D eigenvalue weighted by Gasteiger charge is 2.27. The smallest absolute Gasteiger partial charge is 0.410 e. The van der Waals surface area contributed by atoms with Gasteiger partial charge in [0, 0.05) is 26.2 Å². The summed E-state index contributed by atoms with van der Waals surface area (Å²) in [4.78, 5) is 26.6. The molecule has 23 heavy (non-hydrogen) atoms. The van der Waals surface area contributed by atoms with Crippen LogP contribution in [0.2, 0.25) is 0 Å². The van der Waals surface area contributed by atoms with Crippen LogP contribution in [-0.2, 0) is 16.1 Å². The third kappa shape index (κ3) is 5.56. The Kier molecular flexibility index (Phi) is 6.40. The molecule has 0 aliphatic carbocycles. The molecule has 1 aliphatic heterocycles. The number of carbonyl (C=O) groups is 2. The maximum absolute atomic E-state index is 12.2. The monoisotopic (exact) mass is 320 g/mol. The van der Waals surface area contributed by atoms with Gasteiger partial charge < -0.3 is 19.6 Å². The molecule has 1 amide bonds. The Hall–Kier alpha value is -2.08. The van der Waals surface area contributed by atoms with Gasteiger partial charge in [0.25, 0.3) is 0 Å². The number of amides is 1. The number of hydrogen-bond acceptors (Lipinski definition) is 4. The Morgan fingerprint density at radius 1 is 1.35 bits per heavy atom. The van der Waals surface area contributed by atoms with Gasteiger partial charge in [0.05, 0.1) is 6.42 Å². The summed E-state index contributed by atoms with van der Waals surface area (Å²) in [6.07, 6.45) is 1.68. The molecule has 1 atom stereocenters. The normalized spacial score (nSPS) is 18.4. The predicted molar refractivity (Wildman–Crippen MR) is 86.1 cm³/mol. The van der Waals surface area contributed by atoms with E-state index in [2.05, 4.69) is 4.90 Å². The third-order valence-electron chi connectivity index (χ3n) is 4.16. The molecule has 1 fully saturated rings. The van der Waals surface area contributed by atoms with E-state index >= 15 is 0 Å². The van der Waals surface area contributed by atoms with Crippen molar-refractivity contribution in [1.29, 1.82) is 0 Å². The van der Waals surface area contributed by atoms with E-state index < -0.39 is 5.97 Å². The van der Waals surface area contributed by atoms with E-state index in [0.29, 0.717) is 13.1 Å². The van der Waals surface area contributed by atoms with E-state index in [1.807, 2.05) is 30.3 Å². The number of likely N-dealkylation sites (N-methyl/N-ethyl adjacent to an activating group) is 1. The Morgan fingerprint density at radius 3 is 2.78 bits per heavy atom. The first-order valence-corrected chi connectivity index (χ1v) is 7.94. The van der Waals surface area contributed by atoms with Crippen molar-refractivity contribution in [3.05, 3.63) is 35.9 Å². The van der Waals surface area contributed by atoms with E-state index in [9.17, 15) is 9.59 Å². The van der Waals surface area contributed by atoms with Crippen molar-refractivity contribution in [1.82, 2.24) is 9.80 Å². The van der Waals surface area contributed by atoms with Gasteiger partial charge in [-0.25, -0.2) is 4.79 Å².